The number of aliphatic carboxylic acids is 1. The molecule has 1 aromatic rings. The topological polar surface area (TPSA) is 66.8 Å². The van der Waals surface area contributed by atoms with Crippen LogP contribution < -0.4 is 4.90 Å². The molecule has 1 amide bonds. The fourth-order valence-electron chi connectivity index (χ4n) is 2.74. The molecule has 5 heteroatoms. The second kappa shape index (κ2) is 5.48. The first-order chi connectivity index (χ1) is 10.2. The van der Waals surface area contributed by atoms with E-state index in [0.717, 1.165) is 5.56 Å². The van der Waals surface area contributed by atoms with E-state index in [1.54, 1.807) is 32.9 Å². The molecule has 1 aromatic carbocycles. The van der Waals surface area contributed by atoms with Crippen molar-refractivity contribution >= 4 is 17.7 Å². The van der Waals surface area contributed by atoms with Gasteiger partial charge in [-0.05, 0) is 38.8 Å². The smallest absolute Gasteiger partial charge is 0.415 e. The van der Waals surface area contributed by atoms with Gasteiger partial charge in [-0.15, -0.1) is 6.58 Å². The van der Waals surface area contributed by atoms with E-state index < -0.39 is 23.2 Å². The number of amides is 1. The molecule has 0 saturated carbocycles. The summed E-state index contributed by atoms with van der Waals surface area (Å²) in [6.45, 7) is 8.90. The van der Waals surface area contributed by atoms with Crippen LogP contribution in [-0.2, 0) is 16.0 Å². The van der Waals surface area contributed by atoms with E-state index in [0.29, 0.717) is 5.69 Å². The highest BCUT2D eigenvalue weighted by molar-refractivity contribution is 6.01. The van der Waals surface area contributed by atoms with Crippen LogP contribution in [0.2, 0.25) is 0 Å². The zero-order chi connectivity index (χ0) is 16.5. The number of carbonyl (C=O) groups excluding carboxylic acids is 1. The van der Waals surface area contributed by atoms with Crippen LogP contribution in [0.4, 0.5) is 10.5 Å². The van der Waals surface area contributed by atoms with Gasteiger partial charge in [0.1, 0.15) is 5.60 Å². The number of benzene rings is 1. The number of carboxylic acid groups (broad SMARTS) is 1. The number of carbonyl (C=O) groups is 2. The van der Waals surface area contributed by atoms with Crippen LogP contribution in [0.5, 0.6) is 0 Å². The van der Waals surface area contributed by atoms with Crippen LogP contribution in [0.15, 0.2) is 36.9 Å². The van der Waals surface area contributed by atoms with Crippen LogP contribution in [0.3, 0.4) is 0 Å². The molecule has 1 atom stereocenters. The quantitative estimate of drug-likeness (QED) is 0.869. The van der Waals surface area contributed by atoms with Gasteiger partial charge in [0.25, 0.3) is 0 Å². The van der Waals surface area contributed by atoms with Gasteiger partial charge in [0.15, 0.2) is 5.54 Å². The summed E-state index contributed by atoms with van der Waals surface area (Å²) >= 11 is 0. The molecular formula is C17H21NO4. The maximum absolute atomic E-state index is 12.6. The van der Waals surface area contributed by atoms with Gasteiger partial charge < -0.3 is 9.84 Å². The summed E-state index contributed by atoms with van der Waals surface area (Å²) in [5.41, 5.74) is -0.681. The average molecular weight is 303 g/mol. The average Bonchev–Trinajstić information content (AvgIpc) is 2.72. The van der Waals surface area contributed by atoms with Gasteiger partial charge in [0.2, 0.25) is 0 Å². The number of para-hydroxylation sites is 1. The molecule has 2 rings (SSSR count). The van der Waals surface area contributed by atoms with Gasteiger partial charge in [0.05, 0.1) is 5.69 Å². The lowest BCUT2D eigenvalue weighted by Crippen LogP contribution is -2.56. The van der Waals surface area contributed by atoms with Crippen molar-refractivity contribution < 1.29 is 19.4 Å². The molecule has 0 aliphatic carbocycles. The van der Waals surface area contributed by atoms with E-state index in [-0.39, 0.29) is 12.8 Å². The first-order valence-electron chi connectivity index (χ1n) is 7.17. The van der Waals surface area contributed by atoms with Crippen LogP contribution in [0, 0.1) is 0 Å². The van der Waals surface area contributed by atoms with Crippen molar-refractivity contribution in [3.63, 3.8) is 0 Å². The second-order valence-electron chi connectivity index (χ2n) is 6.45. The highest BCUT2D eigenvalue weighted by Crippen LogP contribution is 2.42. The summed E-state index contributed by atoms with van der Waals surface area (Å²) in [6, 6.07) is 7.19. The van der Waals surface area contributed by atoms with E-state index in [4.69, 9.17) is 4.74 Å². The number of hydrogen-bond donors (Lipinski definition) is 1. The molecule has 1 aliphatic heterocycles. The molecule has 0 fully saturated rings. The Bertz CT molecular complexity index is 617. The first kappa shape index (κ1) is 16.1. The maximum Gasteiger partial charge on any atom is 0.415 e. The van der Waals surface area contributed by atoms with Crippen molar-refractivity contribution in [2.75, 3.05) is 4.90 Å². The lowest BCUT2D eigenvalue weighted by Gasteiger charge is -2.35. The van der Waals surface area contributed by atoms with E-state index in [9.17, 15) is 14.7 Å². The predicted octanol–water partition coefficient (Wildman–Crippen LogP) is 3.38. The largest absolute Gasteiger partial charge is 0.479 e. The Morgan fingerprint density at radius 3 is 2.59 bits per heavy atom. The van der Waals surface area contributed by atoms with E-state index in [1.165, 1.54) is 11.0 Å². The molecular weight excluding hydrogens is 282 g/mol. The molecule has 0 aromatic heterocycles. The Morgan fingerprint density at radius 1 is 1.41 bits per heavy atom. The predicted molar refractivity (Wildman–Crippen MR) is 84.0 cm³/mol. The van der Waals surface area contributed by atoms with Gasteiger partial charge in [-0.1, -0.05) is 24.3 Å². The number of fused-ring (bicyclic) bond motifs is 1. The van der Waals surface area contributed by atoms with Crippen molar-refractivity contribution in [3.8, 4) is 0 Å². The Balaban J connectivity index is 2.53. The summed E-state index contributed by atoms with van der Waals surface area (Å²) in [7, 11) is 0. The third-order valence-electron chi connectivity index (χ3n) is 3.60. The minimum atomic E-state index is -1.38. The maximum atomic E-state index is 12.6. The van der Waals surface area contributed by atoms with Gasteiger partial charge >= 0.3 is 12.1 Å². The van der Waals surface area contributed by atoms with Crippen molar-refractivity contribution in [1.82, 2.24) is 0 Å². The van der Waals surface area contributed by atoms with E-state index in [1.807, 2.05) is 12.1 Å². The Morgan fingerprint density at radius 2 is 2.05 bits per heavy atom. The molecule has 118 valence electrons. The molecule has 22 heavy (non-hydrogen) atoms. The minimum Gasteiger partial charge on any atom is -0.479 e. The summed E-state index contributed by atoms with van der Waals surface area (Å²) in [5, 5.41) is 9.79. The Kier molecular flexibility index (Phi) is 4.00. The molecule has 1 unspecified atom stereocenters. The van der Waals surface area contributed by atoms with Crippen molar-refractivity contribution in [3.05, 3.63) is 42.5 Å². The normalized spacial score (nSPS) is 20.4. The van der Waals surface area contributed by atoms with Crippen molar-refractivity contribution in [2.45, 2.75) is 44.8 Å². The van der Waals surface area contributed by atoms with Gasteiger partial charge in [-0.25, -0.2) is 9.59 Å². The molecule has 0 spiro atoms. The van der Waals surface area contributed by atoms with Crippen LogP contribution in [-0.4, -0.2) is 28.3 Å². The Labute approximate surface area is 130 Å². The Hall–Kier alpha value is -2.30. The number of nitrogens with zero attached hydrogens (tertiary/aromatic N) is 1. The van der Waals surface area contributed by atoms with E-state index >= 15 is 0 Å². The minimum absolute atomic E-state index is 0.149. The molecule has 5 nitrogen and oxygen atoms in total. The second-order valence-corrected chi connectivity index (χ2v) is 6.45. The number of ether oxygens (including phenoxy) is 1. The highest BCUT2D eigenvalue weighted by atomic mass is 16.6. The SMILES string of the molecule is C=CCC1(C(=O)O)Cc2ccccc2N1C(=O)OC(C)(C)C. The first-order valence-corrected chi connectivity index (χ1v) is 7.17. The molecule has 1 heterocycles. The van der Waals surface area contributed by atoms with Gasteiger partial charge in [-0.2, -0.15) is 0 Å². The summed E-state index contributed by atoms with van der Waals surface area (Å²) in [4.78, 5) is 25.9. The van der Waals surface area contributed by atoms with Crippen molar-refractivity contribution in [2.24, 2.45) is 0 Å². The fraction of sp³-hybridized carbons (Fsp3) is 0.412. The van der Waals surface area contributed by atoms with Crippen LogP contribution in [0.1, 0.15) is 32.8 Å². The number of anilines is 1. The van der Waals surface area contributed by atoms with Crippen molar-refractivity contribution in [1.29, 1.82) is 0 Å². The number of hydrogen-bond acceptors (Lipinski definition) is 3. The fourth-order valence-corrected chi connectivity index (χ4v) is 2.74. The lowest BCUT2D eigenvalue weighted by molar-refractivity contribution is -0.143. The summed E-state index contributed by atoms with van der Waals surface area (Å²) < 4.78 is 5.42. The molecule has 0 bridgehead atoms. The zero-order valence-electron chi connectivity index (χ0n) is 13.1. The molecule has 0 saturated heterocycles. The number of rotatable bonds is 3. The standard InChI is InChI=1S/C17H21NO4/c1-5-10-17(14(19)20)11-12-8-6-7-9-13(12)18(17)15(21)22-16(2,3)4/h5-9H,1,10-11H2,2-4H3,(H,19,20). The van der Waals surface area contributed by atoms with Crippen LogP contribution in [0.25, 0.3) is 0 Å². The summed E-state index contributed by atoms with van der Waals surface area (Å²) in [6.07, 6.45) is 1.26. The molecule has 1 aliphatic rings. The molecule has 0 radical (unpaired) electrons. The summed E-state index contributed by atoms with van der Waals surface area (Å²) in [5.74, 6) is -1.06. The third kappa shape index (κ3) is 2.71. The molecule has 1 N–H and O–H groups in total. The van der Waals surface area contributed by atoms with Crippen LogP contribution >= 0.6 is 0 Å². The highest BCUT2D eigenvalue weighted by Gasteiger charge is 2.53. The van der Waals surface area contributed by atoms with Gasteiger partial charge in [0, 0.05) is 6.42 Å². The lowest BCUT2D eigenvalue weighted by atomic mass is 9.90. The number of carboxylic acids is 1. The zero-order valence-corrected chi connectivity index (χ0v) is 13.1. The third-order valence-corrected chi connectivity index (χ3v) is 3.60. The van der Waals surface area contributed by atoms with Gasteiger partial charge in [-0.3, -0.25) is 4.90 Å². The van der Waals surface area contributed by atoms with E-state index in [2.05, 4.69) is 6.58 Å². The monoisotopic (exact) mass is 303 g/mol.